The molecule has 0 unspecified atom stereocenters. The molecule has 0 aliphatic carbocycles. The molecule has 8 aromatic carbocycles. The van der Waals surface area contributed by atoms with Gasteiger partial charge in [0.25, 0.3) is 0 Å². The summed E-state index contributed by atoms with van der Waals surface area (Å²) in [6, 6.07) is 74.3. The van der Waals surface area contributed by atoms with Gasteiger partial charge in [-0.05, 0) is 81.9 Å². The minimum absolute atomic E-state index is 1.11. The van der Waals surface area contributed by atoms with Gasteiger partial charge in [-0.2, -0.15) is 0 Å². The summed E-state index contributed by atoms with van der Waals surface area (Å²) in [5.74, 6) is 0. The highest BCUT2D eigenvalue weighted by Gasteiger charge is 2.20. The number of fused-ring (bicyclic) bond motifs is 5. The summed E-state index contributed by atoms with van der Waals surface area (Å²) in [6.45, 7) is 0. The first-order valence-corrected chi connectivity index (χ1v) is 18.8. The summed E-state index contributed by atoms with van der Waals surface area (Å²) >= 11 is 1.89. The van der Waals surface area contributed by atoms with Crippen molar-refractivity contribution in [3.63, 3.8) is 0 Å². The van der Waals surface area contributed by atoms with Crippen LogP contribution >= 0.6 is 11.3 Å². The van der Waals surface area contributed by atoms with E-state index in [1.165, 1.54) is 70.5 Å². The molecule has 0 amide bonds. The van der Waals surface area contributed by atoms with Crippen LogP contribution in [0.2, 0.25) is 0 Å². The largest absolute Gasteiger partial charge is 0.311 e. The van der Waals surface area contributed by atoms with Crippen LogP contribution in [0.1, 0.15) is 0 Å². The van der Waals surface area contributed by atoms with Crippen molar-refractivity contribution in [1.29, 1.82) is 0 Å². The molecule has 0 fully saturated rings. The number of hydrogen-bond acceptors (Lipinski definition) is 2. The lowest BCUT2D eigenvalue weighted by molar-refractivity contribution is 1.28. The van der Waals surface area contributed by atoms with Crippen molar-refractivity contribution in [3.05, 3.63) is 206 Å². The smallest absolute Gasteiger partial charge is 0.109 e. The Bertz CT molecular complexity index is 2750. The second kappa shape index (κ2) is 13.1. The van der Waals surface area contributed by atoms with Crippen molar-refractivity contribution < 1.29 is 0 Å². The van der Waals surface area contributed by atoms with E-state index in [2.05, 4.69) is 216 Å². The summed E-state index contributed by atoms with van der Waals surface area (Å²) in [5.41, 5.74) is 15.6. The third kappa shape index (κ3) is 5.50. The lowest BCUT2D eigenvalue weighted by atomic mass is 10.0. The first-order valence-electron chi connectivity index (χ1n) is 18.0. The maximum absolute atomic E-state index is 2.45. The van der Waals surface area contributed by atoms with Crippen LogP contribution in [0.4, 0.5) is 17.1 Å². The van der Waals surface area contributed by atoms with E-state index in [0.29, 0.717) is 0 Å². The molecule has 0 atom stereocenters. The number of nitrogens with zero attached hydrogens (tertiary/aromatic N) is 2. The molecule has 3 heteroatoms. The second-order valence-corrected chi connectivity index (χ2v) is 14.4. The Morgan fingerprint density at radius 1 is 0.340 bits per heavy atom. The SMILES string of the molecule is c1ccc(-c2ccc(N(c3ccc(-c4ccccc4)cc3)c3ccc(-c4cccc5c4sc4c(-c6ccccc6)c6ccccc6n45)cc3)cc2)cc1. The Morgan fingerprint density at radius 2 is 0.774 bits per heavy atom. The van der Waals surface area contributed by atoms with E-state index in [9.17, 15) is 0 Å². The molecule has 0 saturated carbocycles. The molecule has 0 spiro atoms. The highest BCUT2D eigenvalue weighted by Crippen LogP contribution is 2.45. The molecule has 2 aromatic heterocycles. The predicted molar refractivity (Wildman–Crippen MR) is 227 cm³/mol. The molecule has 0 aliphatic heterocycles. The fraction of sp³-hybridized carbons (Fsp3) is 0. The van der Waals surface area contributed by atoms with E-state index in [1.807, 2.05) is 11.3 Å². The number of para-hydroxylation sites is 1. The topological polar surface area (TPSA) is 7.65 Å². The number of rotatable bonds is 7. The van der Waals surface area contributed by atoms with Crippen LogP contribution in [-0.4, -0.2) is 4.40 Å². The highest BCUT2D eigenvalue weighted by molar-refractivity contribution is 7.25. The quantitative estimate of drug-likeness (QED) is 0.161. The molecule has 53 heavy (non-hydrogen) atoms. The third-order valence-electron chi connectivity index (χ3n) is 10.2. The van der Waals surface area contributed by atoms with Crippen LogP contribution < -0.4 is 4.90 Å². The Kier molecular flexibility index (Phi) is 7.71. The minimum Gasteiger partial charge on any atom is -0.311 e. The molecule has 250 valence electrons. The monoisotopic (exact) mass is 694 g/mol. The zero-order valence-electron chi connectivity index (χ0n) is 28.9. The molecule has 0 aliphatic rings. The van der Waals surface area contributed by atoms with Gasteiger partial charge in [0.05, 0.1) is 15.7 Å². The molecule has 0 N–H and O–H groups in total. The van der Waals surface area contributed by atoms with Crippen molar-refractivity contribution in [2.75, 3.05) is 4.90 Å². The van der Waals surface area contributed by atoms with Gasteiger partial charge in [-0.25, -0.2) is 0 Å². The van der Waals surface area contributed by atoms with Crippen LogP contribution in [-0.2, 0) is 0 Å². The summed E-state index contributed by atoms with van der Waals surface area (Å²) in [4.78, 5) is 3.63. The molecule has 2 nitrogen and oxygen atoms in total. The fourth-order valence-electron chi connectivity index (χ4n) is 7.67. The zero-order valence-corrected chi connectivity index (χ0v) is 29.7. The Labute approximate surface area is 313 Å². The van der Waals surface area contributed by atoms with E-state index in [1.54, 1.807) is 0 Å². The lowest BCUT2D eigenvalue weighted by Crippen LogP contribution is -2.09. The standard InChI is InChI=1S/C50H34N2S/c1-4-13-35(14-5-1)37-23-29-41(30-24-37)51(42-31-25-38(26-32-42)36-15-6-2-7-16-36)43-33-27-39(28-34-43)44-20-12-22-47-49(44)53-50-48(40-17-8-3-9-18-40)45-19-10-11-21-46(45)52(47)50/h1-34H. The van der Waals surface area contributed by atoms with Gasteiger partial charge in [-0.15, -0.1) is 11.3 Å². The van der Waals surface area contributed by atoms with E-state index < -0.39 is 0 Å². The lowest BCUT2D eigenvalue weighted by Gasteiger charge is -2.26. The molecule has 0 bridgehead atoms. The van der Waals surface area contributed by atoms with E-state index in [4.69, 9.17) is 0 Å². The highest BCUT2D eigenvalue weighted by atomic mass is 32.1. The minimum atomic E-state index is 1.11. The van der Waals surface area contributed by atoms with Gasteiger partial charge >= 0.3 is 0 Å². The van der Waals surface area contributed by atoms with Crippen LogP contribution in [0.3, 0.4) is 0 Å². The van der Waals surface area contributed by atoms with Gasteiger partial charge in [0.15, 0.2) is 0 Å². The van der Waals surface area contributed by atoms with E-state index in [0.717, 1.165) is 17.1 Å². The third-order valence-corrected chi connectivity index (χ3v) is 11.4. The fourth-order valence-corrected chi connectivity index (χ4v) is 9.04. The van der Waals surface area contributed by atoms with Gasteiger partial charge < -0.3 is 4.90 Å². The Balaban J connectivity index is 1.07. The molecular formula is C50H34N2S. The summed E-state index contributed by atoms with van der Waals surface area (Å²) < 4.78 is 3.75. The molecule has 10 rings (SSSR count). The van der Waals surface area contributed by atoms with Gasteiger partial charge in [0, 0.05) is 33.6 Å². The Hall–Kier alpha value is -6.68. The molecule has 10 aromatic rings. The number of benzene rings is 8. The van der Waals surface area contributed by atoms with Crippen molar-refractivity contribution in [2.45, 2.75) is 0 Å². The zero-order chi connectivity index (χ0) is 35.1. The number of hydrogen-bond donors (Lipinski definition) is 0. The van der Waals surface area contributed by atoms with Crippen molar-refractivity contribution in [3.8, 4) is 44.5 Å². The summed E-state index contributed by atoms with van der Waals surface area (Å²) in [5, 5.41) is 1.29. The number of thiazole rings is 1. The van der Waals surface area contributed by atoms with Gasteiger partial charge in [-0.1, -0.05) is 158 Å². The van der Waals surface area contributed by atoms with Crippen LogP contribution in [0.5, 0.6) is 0 Å². The second-order valence-electron chi connectivity index (χ2n) is 13.4. The summed E-state index contributed by atoms with van der Waals surface area (Å²) in [6.07, 6.45) is 0. The first-order chi connectivity index (χ1) is 26.3. The number of aromatic nitrogens is 1. The molecule has 0 radical (unpaired) electrons. The van der Waals surface area contributed by atoms with E-state index >= 15 is 0 Å². The maximum Gasteiger partial charge on any atom is 0.109 e. The van der Waals surface area contributed by atoms with Crippen molar-refractivity contribution in [1.82, 2.24) is 4.40 Å². The van der Waals surface area contributed by atoms with Crippen LogP contribution in [0.15, 0.2) is 206 Å². The average molecular weight is 695 g/mol. The van der Waals surface area contributed by atoms with Gasteiger partial charge in [0.1, 0.15) is 4.83 Å². The first kappa shape index (κ1) is 31.1. The van der Waals surface area contributed by atoms with Gasteiger partial charge in [-0.3, -0.25) is 4.40 Å². The van der Waals surface area contributed by atoms with E-state index in [-0.39, 0.29) is 0 Å². The molecule has 0 saturated heterocycles. The van der Waals surface area contributed by atoms with Crippen LogP contribution in [0.25, 0.3) is 70.5 Å². The molecule has 2 heterocycles. The average Bonchev–Trinajstić information content (AvgIpc) is 3.78. The predicted octanol–water partition coefficient (Wildman–Crippen LogP) is 14.4. The number of anilines is 3. The van der Waals surface area contributed by atoms with Crippen molar-refractivity contribution >= 4 is 54.3 Å². The van der Waals surface area contributed by atoms with Crippen molar-refractivity contribution in [2.24, 2.45) is 0 Å². The molecular weight excluding hydrogens is 661 g/mol. The van der Waals surface area contributed by atoms with Crippen LogP contribution in [0, 0.1) is 0 Å². The summed E-state index contributed by atoms with van der Waals surface area (Å²) in [7, 11) is 0. The normalized spacial score (nSPS) is 11.4. The Morgan fingerprint density at radius 3 is 1.32 bits per heavy atom. The van der Waals surface area contributed by atoms with Gasteiger partial charge in [0.2, 0.25) is 0 Å². The maximum atomic E-state index is 2.45.